The van der Waals surface area contributed by atoms with Crippen molar-refractivity contribution >= 4 is 0 Å². The summed E-state index contributed by atoms with van der Waals surface area (Å²) in [7, 11) is 0. The van der Waals surface area contributed by atoms with Crippen LogP contribution < -0.4 is 0 Å². The van der Waals surface area contributed by atoms with Gasteiger partial charge in [0, 0.05) is 0 Å². The Hall–Kier alpha value is -2.94. The fourth-order valence-corrected chi connectivity index (χ4v) is 5.91. The van der Waals surface area contributed by atoms with Crippen molar-refractivity contribution in [3.05, 3.63) is 84.5 Å². The van der Waals surface area contributed by atoms with Gasteiger partial charge in [-0.15, -0.1) is 0 Å². The Morgan fingerprint density at radius 2 is 0.737 bits per heavy atom. The summed E-state index contributed by atoms with van der Waals surface area (Å²) in [6.07, 6.45) is 1.28. The van der Waals surface area contributed by atoms with Crippen molar-refractivity contribution in [2.75, 3.05) is 0 Å². The summed E-state index contributed by atoms with van der Waals surface area (Å²) in [4.78, 5) is 0. The van der Waals surface area contributed by atoms with Crippen LogP contribution in [-0.4, -0.2) is 15.3 Å². The summed E-state index contributed by atoms with van der Waals surface area (Å²) in [5, 5.41) is 33.4. The van der Waals surface area contributed by atoms with Crippen molar-refractivity contribution in [3.63, 3.8) is 0 Å². The van der Waals surface area contributed by atoms with Crippen LogP contribution in [0, 0.1) is 48.5 Å². The van der Waals surface area contributed by atoms with Gasteiger partial charge in [-0.05, 0) is 144 Å². The third-order valence-electron chi connectivity index (χ3n) is 8.64. The Labute approximate surface area is 230 Å². The molecule has 0 aliphatic rings. The van der Waals surface area contributed by atoms with Gasteiger partial charge in [0.2, 0.25) is 0 Å². The summed E-state index contributed by atoms with van der Waals surface area (Å²) in [5.74, 6) is 1.06. The first-order valence-electron chi connectivity index (χ1n) is 13.7. The standard InChI is InChI=1S/C35H48O3/c1-18-14-29(34(8,9)10)32(37)21(4)25(18)16-27-20(3)28(24(7)31(36)23(27)6)17-26-19(2)15-30(35(11,12)13)33(38)22(26)5/h14-15,36-38H,16-17H2,1-13H3. The van der Waals surface area contributed by atoms with E-state index < -0.39 is 0 Å². The fraction of sp³-hybridized carbons (Fsp3) is 0.486. The van der Waals surface area contributed by atoms with Gasteiger partial charge in [-0.25, -0.2) is 0 Å². The maximum Gasteiger partial charge on any atom is 0.122 e. The van der Waals surface area contributed by atoms with Crippen molar-refractivity contribution in [1.29, 1.82) is 0 Å². The first-order valence-corrected chi connectivity index (χ1v) is 13.7. The molecular weight excluding hydrogens is 468 g/mol. The molecule has 0 spiro atoms. The zero-order chi connectivity index (χ0) is 29.1. The summed E-state index contributed by atoms with van der Waals surface area (Å²) < 4.78 is 0. The minimum atomic E-state index is -0.150. The van der Waals surface area contributed by atoms with E-state index in [2.05, 4.69) is 74.4 Å². The van der Waals surface area contributed by atoms with Crippen LogP contribution in [0.25, 0.3) is 0 Å². The maximum atomic E-state index is 11.2. The maximum absolute atomic E-state index is 11.2. The van der Waals surface area contributed by atoms with Crippen LogP contribution >= 0.6 is 0 Å². The van der Waals surface area contributed by atoms with Crippen molar-refractivity contribution in [2.24, 2.45) is 0 Å². The van der Waals surface area contributed by atoms with Crippen LogP contribution in [0.1, 0.15) is 114 Å². The normalized spacial score (nSPS) is 12.3. The number of phenols is 3. The third-order valence-corrected chi connectivity index (χ3v) is 8.64. The first-order chi connectivity index (χ1) is 17.3. The summed E-state index contributed by atoms with van der Waals surface area (Å²) in [5.41, 5.74) is 13.1. The van der Waals surface area contributed by atoms with E-state index in [1.54, 1.807) is 0 Å². The van der Waals surface area contributed by atoms with Gasteiger partial charge in [0.1, 0.15) is 17.2 Å². The average molecular weight is 517 g/mol. The number of phenolic OH excluding ortho intramolecular Hbond substituents is 3. The highest BCUT2D eigenvalue weighted by molar-refractivity contribution is 5.60. The molecule has 0 aliphatic carbocycles. The second-order valence-electron chi connectivity index (χ2n) is 13.4. The minimum absolute atomic E-state index is 0.150. The monoisotopic (exact) mass is 516 g/mol. The highest BCUT2D eigenvalue weighted by atomic mass is 16.3. The number of benzene rings is 3. The molecule has 3 rings (SSSR count). The van der Waals surface area contributed by atoms with Crippen LogP contribution in [0.5, 0.6) is 17.2 Å². The number of hydrogen-bond acceptors (Lipinski definition) is 3. The van der Waals surface area contributed by atoms with Gasteiger partial charge < -0.3 is 15.3 Å². The topological polar surface area (TPSA) is 60.7 Å². The predicted molar refractivity (Wildman–Crippen MR) is 160 cm³/mol. The lowest BCUT2D eigenvalue weighted by molar-refractivity contribution is 0.441. The Balaban J connectivity index is 2.19. The van der Waals surface area contributed by atoms with Gasteiger partial charge in [-0.3, -0.25) is 0 Å². The van der Waals surface area contributed by atoms with Crippen LogP contribution in [0.4, 0.5) is 0 Å². The molecule has 0 saturated carbocycles. The minimum Gasteiger partial charge on any atom is -0.507 e. The Morgan fingerprint density at radius 1 is 0.447 bits per heavy atom. The van der Waals surface area contributed by atoms with Gasteiger partial charge in [-0.2, -0.15) is 0 Å². The van der Waals surface area contributed by atoms with E-state index in [1.807, 2.05) is 27.7 Å². The molecule has 3 aromatic rings. The highest BCUT2D eigenvalue weighted by Crippen LogP contribution is 2.42. The van der Waals surface area contributed by atoms with E-state index in [0.29, 0.717) is 30.1 Å². The lowest BCUT2D eigenvalue weighted by Crippen LogP contribution is -2.14. The Morgan fingerprint density at radius 3 is 1.03 bits per heavy atom. The van der Waals surface area contributed by atoms with E-state index >= 15 is 0 Å². The molecule has 0 aromatic heterocycles. The summed E-state index contributed by atoms with van der Waals surface area (Å²) in [6, 6.07) is 4.23. The molecule has 0 bridgehead atoms. The largest absolute Gasteiger partial charge is 0.507 e. The van der Waals surface area contributed by atoms with E-state index in [0.717, 1.165) is 72.3 Å². The van der Waals surface area contributed by atoms with Crippen molar-refractivity contribution < 1.29 is 15.3 Å². The lowest BCUT2D eigenvalue weighted by Gasteiger charge is -2.27. The highest BCUT2D eigenvalue weighted by Gasteiger charge is 2.26. The second kappa shape index (κ2) is 9.98. The van der Waals surface area contributed by atoms with Crippen LogP contribution in [0.3, 0.4) is 0 Å². The van der Waals surface area contributed by atoms with Gasteiger partial charge >= 0.3 is 0 Å². The van der Waals surface area contributed by atoms with Gasteiger partial charge in [0.05, 0.1) is 0 Å². The van der Waals surface area contributed by atoms with Crippen molar-refractivity contribution in [1.82, 2.24) is 0 Å². The zero-order valence-corrected chi connectivity index (χ0v) is 25.9. The Kier molecular flexibility index (Phi) is 7.78. The van der Waals surface area contributed by atoms with Gasteiger partial charge in [0.25, 0.3) is 0 Å². The van der Waals surface area contributed by atoms with Crippen molar-refractivity contribution in [3.8, 4) is 17.2 Å². The van der Waals surface area contributed by atoms with Gasteiger partial charge in [-0.1, -0.05) is 53.7 Å². The van der Waals surface area contributed by atoms with Crippen LogP contribution in [0.2, 0.25) is 0 Å². The molecule has 0 saturated heterocycles. The molecule has 0 fully saturated rings. The molecule has 0 heterocycles. The zero-order valence-electron chi connectivity index (χ0n) is 25.9. The number of hydrogen-bond donors (Lipinski definition) is 3. The molecule has 3 aromatic carbocycles. The quantitative estimate of drug-likeness (QED) is 0.325. The fourth-order valence-electron chi connectivity index (χ4n) is 5.91. The molecular formula is C35H48O3. The van der Waals surface area contributed by atoms with Crippen molar-refractivity contribution in [2.45, 2.75) is 114 Å². The van der Waals surface area contributed by atoms with Crippen LogP contribution in [0.15, 0.2) is 12.1 Å². The lowest BCUT2D eigenvalue weighted by atomic mass is 9.79. The number of aryl methyl sites for hydroxylation is 2. The number of rotatable bonds is 4. The average Bonchev–Trinajstić information content (AvgIpc) is 2.80. The number of aromatic hydroxyl groups is 3. The van der Waals surface area contributed by atoms with E-state index in [1.165, 1.54) is 0 Å². The van der Waals surface area contributed by atoms with E-state index in [9.17, 15) is 15.3 Å². The SMILES string of the molecule is Cc1cc(C(C)(C)C)c(O)c(C)c1Cc1c(C)c(O)c(C)c(Cc2c(C)cc(C(C)(C)C)c(O)c2C)c1C. The molecule has 0 amide bonds. The first kappa shape index (κ1) is 29.6. The molecule has 3 nitrogen and oxygen atoms in total. The molecule has 0 unspecified atom stereocenters. The molecule has 3 N–H and O–H groups in total. The molecule has 0 radical (unpaired) electrons. The molecule has 38 heavy (non-hydrogen) atoms. The van der Waals surface area contributed by atoms with Crippen LogP contribution in [-0.2, 0) is 23.7 Å². The Bertz CT molecular complexity index is 1310. The molecule has 0 aliphatic heterocycles. The van der Waals surface area contributed by atoms with E-state index in [-0.39, 0.29) is 10.8 Å². The molecule has 0 atom stereocenters. The van der Waals surface area contributed by atoms with Gasteiger partial charge in [0.15, 0.2) is 0 Å². The third kappa shape index (κ3) is 5.17. The summed E-state index contributed by atoms with van der Waals surface area (Å²) in [6.45, 7) is 27.1. The second-order valence-corrected chi connectivity index (χ2v) is 13.4. The molecule has 3 heteroatoms. The van der Waals surface area contributed by atoms with E-state index in [4.69, 9.17) is 0 Å². The smallest absolute Gasteiger partial charge is 0.122 e. The molecule has 206 valence electrons. The summed E-state index contributed by atoms with van der Waals surface area (Å²) >= 11 is 0. The predicted octanol–water partition coefficient (Wildman–Crippen LogP) is 8.74.